The van der Waals surface area contributed by atoms with Crippen molar-refractivity contribution in [2.75, 3.05) is 0 Å². The van der Waals surface area contributed by atoms with Crippen LogP contribution < -0.4 is 4.74 Å². The number of esters is 1. The Bertz CT molecular complexity index is 355. The fourth-order valence-corrected chi connectivity index (χ4v) is 2.31. The Morgan fingerprint density at radius 3 is 2.47 bits per heavy atom. The zero-order valence-corrected chi connectivity index (χ0v) is 9.84. The van der Waals surface area contributed by atoms with Crippen molar-refractivity contribution in [1.82, 2.24) is 0 Å². The Labute approximate surface area is 101 Å². The lowest BCUT2D eigenvalue weighted by Gasteiger charge is -2.24. The highest BCUT2D eigenvalue weighted by atomic mass is 16.5. The maximum absolute atomic E-state index is 11.7. The number of para-hydroxylation sites is 1. The van der Waals surface area contributed by atoms with Crippen LogP contribution in [0.15, 0.2) is 30.3 Å². The zero-order chi connectivity index (χ0) is 12.1. The van der Waals surface area contributed by atoms with Crippen LogP contribution in [0, 0.1) is 5.92 Å². The summed E-state index contributed by atoms with van der Waals surface area (Å²) in [7, 11) is 0. The summed E-state index contributed by atoms with van der Waals surface area (Å²) in [6.07, 6.45) is 4.27. The largest absolute Gasteiger partial charge is 0.425 e. The topological polar surface area (TPSA) is 46.5 Å². The molecule has 0 saturated heterocycles. The van der Waals surface area contributed by atoms with Crippen LogP contribution in [0.2, 0.25) is 0 Å². The third kappa shape index (κ3) is 3.30. The van der Waals surface area contributed by atoms with Gasteiger partial charge in [-0.05, 0) is 30.9 Å². The minimum Gasteiger partial charge on any atom is -0.425 e. The van der Waals surface area contributed by atoms with Crippen molar-refractivity contribution in [3.63, 3.8) is 0 Å². The number of carbonyl (C=O) groups excluding carboxylic acids is 1. The highest BCUT2D eigenvalue weighted by Gasteiger charge is 2.28. The molecule has 0 radical (unpaired) electrons. The molecule has 1 unspecified atom stereocenters. The molecule has 1 aromatic carbocycles. The van der Waals surface area contributed by atoms with Gasteiger partial charge in [0.25, 0.3) is 0 Å². The molecular formula is C14H18O3. The molecule has 3 heteroatoms. The predicted octanol–water partition coefficient (Wildman–Crippen LogP) is 2.53. The second kappa shape index (κ2) is 5.82. The second-order valence-electron chi connectivity index (χ2n) is 4.58. The minimum absolute atomic E-state index is 0.0694. The quantitative estimate of drug-likeness (QED) is 0.645. The van der Waals surface area contributed by atoms with Crippen LogP contribution in [0.3, 0.4) is 0 Å². The first-order chi connectivity index (χ1) is 8.27. The number of aliphatic hydroxyl groups is 1. The molecule has 3 nitrogen and oxygen atoms in total. The van der Waals surface area contributed by atoms with Crippen molar-refractivity contribution in [2.45, 2.75) is 38.2 Å². The normalized spacial score (nSPS) is 18.6. The van der Waals surface area contributed by atoms with Crippen LogP contribution in [0.25, 0.3) is 0 Å². The average Bonchev–Trinajstić information content (AvgIpc) is 2.40. The Balaban J connectivity index is 1.90. The summed E-state index contributed by atoms with van der Waals surface area (Å²) in [4.78, 5) is 11.7. The monoisotopic (exact) mass is 234 g/mol. The van der Waals surface area contributed by atoms with Gasteiger partial charge in [-0.2, -0.15) is 0 Å². The molecule has 1 fully saturated rings. The van der Waals surface area contributed by atoms with E-state index in [1.54, 1.807) is 24.3 Å². The van der Waals surface area contributed by atoms with E-state index in [1.807, 2.05) is 6.07 Å². The van der Waals surface area contributed by atoms with E-state index in [-0.39, 0.29) is 5.92 Å². The molecule has 17 heavy (non-hydrogen) atoms. The van der Waals surface area contributed by atoms with E-state index in [0.29, 0.717) is 5.75 Å². The van der Waals surface area contributed by atoms with Crippen molar-refractivity contribution < 1.29 is 14.6 Å². The number of benzene rings is 1. The summed E-state index contributed by atoms with van der Waals surface area (Å²) in [5.74, 6) is 0.0374. The lowest BCUT2D eigenvalue weighted by atomic mass is 9.85. The molecule has 0 aliphatic heterocycles. The van der Waals surface area contributed by atoms with E-state index in [2.05, 4.69) is 0 Å². The van der Waals surface area contributed by atoms with Gasteiger partial charge in [-0.25, -0.2) is 4.79 Å². The Morgan fingerprint density at radius 2 is 1.82 bits per heavy atom. The van der Waals surface area contributed by atoms with Crippen LogP contribution in [0.1, 0.15) is 32.1 Å². The van der Waals surface area contributed by atoms with E-state index in [9.17, 15) is 9.90 Å². The highest BCUT2D eigenvalue weighted by molar-refractivity contribution is 5.77. The molecular weight excluding hydrogens is 216 g/mol. The summed E-state index contributed by atoms with van der Waals surface area (Å²) < 4.78 is 5.14. The second-order valence-corrected chi connectivity index (χ2v) is 4.58. The van der Waals surface area contributed by atoms with E-state index >= 15 is 0 Å². The van der Waals surface area contributed by atoms with Crippen LogP contribution in [0.4, 0.5) is 0 Å². The fraction of sp³-hybridized carbons (Fsp3) is 0.500. The van der Waals surface area contributed by atoms with Gasteiger partial charge in [0.05, 0.1) is 0 Å². The van der Waals surface area contributed by atoms with Crippen molar-refractivity contribution in [2.24, 2.45) is 5.92 Å². The standard InChI is InChI=1S/C14H18O3/c15-13(11-7-3-1-4-8-11)14(16)17-12-9-5-2-6-10-12/h2,5-6,9-11,13,15H,1,3-4,7-8H2. The summed E-state index contributed by atoms with van der Waals surface area (Å²) in [5.41, 5.74) is 0. The predicted molar refractivity (Wildman–Crippen MR) is 64.7 cm³/mol. The van der Waals surface area contributed by atoms with Gasteiger partial charge in [-0.1, -0.05) is 37.5 Å². The number of carbonyl (C=O) groups is 1. The fourth-order valence-electron chi connectivity index (χ4n) is 2.31. The summed E-state index contributed by atoms with van der Waals surface area (Å²) in [6.45, 7) is 0. The molecule has 1 aliphatic rings. The van der Waals surface area contributed by atoms with E-state index < -0.39 is 12.1 Å². The van der Waals surface area contributed by atoms with Gasteiger partial charge in [0.15, 0.2) is 6.10 Å². The Hall–Kier alpha value is -1.35. The number of hydrogen-bond donors (Lipinski definition) is 1. The van der Waals surface area contributed by atoms with Crippen molar-refractivity contribution >= 4 is 5.97 Å². The minimum atomic E-state index is -0.976. The van der Waals surface area contributed by atoms with Gasteiger partial charge in [-0.3, -0.25) is 0 Å². The molecule has 92 valence electrons. The third-order valence-corrected chi connectivity index (χ3v) is 3.30. The summed E-state index contributed by atoms with van der Waals surface area (Å²) >= 11 is 0. The van der Waals surface area contributed by atoms with Gasteiger partial charge >= 0.3 is 5.97 Å². The molecule has 0 heterocycles. The summed E-state index contributed by atoms with van der Waals surface area (Å²) in [5, 5.41) is 9.93. The van der Waals surface area contributed by atoms with E-state index in [4.69, 9.17) is 4.74 Å². The molecule has 2 rings (SSSR count). The van der Waals surface area contributed by atoms with Crippen LogP contribution in [-0.4, -0.2) is 17.2 Å². The first-order valence-corrected chi connectivity index (χ1v) is 6.22. The Morgan fingerprint density at radius 1 is 1.18 bits per heavy atom. The zero-order valence-electron chi connectivity index (χ0n) is 9.84. The van der Waals surface area contributed by atoms with Crippen LogP contribution >= 0.6 is 0 Å². The number of hydrogen-bond acceptors (Lipinski definition) is 3. The van der Waals surface area contributed by atoms with Gasteiger partial charge in [-0.15, -0.1) is 0 Å². The molecule has 1 N–H and O–H groups in total. The van der Waals surface area contributed by atoms with Gasteiger partial charge in [0, 0.05) is 0 Å². The number of ether oxygens (including phenoxy) is 1. The lowest BCUT2D eigenvalue weighted by Crippen LogP contribution is -2.34. The third-order valence-electron chi connectivity index (χ3n) is 3.30. The van der Waals surface area contributed by atoms with Crippen molar-refractivity contribution in [3.05, 3.63) is 30.3 Å². The van der Waals surface area contributed by atoms with Crippen LogP contribution in [-0.2, 0) is 4.79 Å². The molecule has 0 spiro atoms. The van der Waals surface area contributed by atoms with Crippen molar-refractivity contribution in [1.29, 1.82) is 0 Å². The smallest absolute Gasteiger partial charge is 0.340 e. The maximum Gasteiger partial charge on any atom is 0.340 e. The molecule has 0 amide bonds. The Kier molecular flexibility index (Phi) is 4.15. The van der Waals surface area contributed by atoms with Gasteiger partial charge in [0.1, 0.15) is 5.75 Å². The van der Waals surface area contributed by atoms with E-state index in [1.165, 1.54) is 6.42 Å². The first kappa shape index (κ1) is 12.1. The number of rotatable bonds is 3. The summed E-state index contributed by atoms with van der Waals surface area (Å²) in [6, 6.07) is 8.89. The molecule has 0 bridgehead atoms. The molecule has 1 atom stereocenters. The van der Waals surface area contributed by atoms with Crippen LogP contribution in [0.5, 0.6) is 5.75 Å². The maximum atomic E-state index is 11.7. The first-order valence-electron chi connectivity index (χ1n) is 6.22. The molecule has 1 saturated carbocycles. The average molecular weight is 234 g/mol. The van der Waals surface area contributed by atoms with E-state index in [0.717, 1.165) is 25.7 Å². The SMILES string of the molecule is O=C(Oc1ccccc1)C(O)C1CCCCC1. The highest BCUT2D eigenvalue weighted by Crippen LogP contribution is 2.27. The van der Waals surface area contributed by atoms with Crippen molar-refractivity contribution in [3.8, 4) is 5.75 Å². The lowest BCUT2D eigenvalue weighted by molar-refractivity contribution is -0.147. The molecule has 1 aliphatic carbocycles. The molecule has 0 aromatic heterocycles. The number of aliphatic hydroxyl groups excluding tert-OH is 1. The van der Waals surface area contributed by atoms with Gasteiger partial charge in [0.2, 0.25) is 0 Å². The van der Waals surface area contributed by atoms with Gasteiger partial charge < -0.3 is 9.84 Å². The molecule has 1 aromatic rings.